The summed E-state index contributed by atoms with van der Waals surface area (Å²) in [6.07, 6.45) is 1.46. The predicted molar refractivity (Wildman–Crippen MR) is 137 cm³/mol. The molecule has 33 heavy (non-hydrogen) atoms. The second kappa shape index (κ2) is 12.1. The number of ether oxygens (including phenoxy) is 2. The molecule has 0 saturated heterocycles. The number of benzene rings is 3. The SMILES string of the molecule is COc1cc(/C=N\NC(=O)CNc2ccc(Br)cc2)cc(Cl)c1OCc1ccc(Cl)cc1Cl. The number of hydrazone groups is 1. The third-order valence-electron chi connectivity index (χ3n) is 4.34. The first-order valence-corrected chi connectivity index (χ1v) is 11.5. The maximum atomic E-state index is 12.0. The highest BCUT2D eigenvalue weighted by atomic mass is 79.9. The van der Waals surface area contributed by atoms with Crippen LogP contribution in [0.4, 0.5) is 5.69 Å². The first kappa shape index (κ1) is 25.2. The van der Waals surface area contributed by atoms with Crippen molar-refractivity contribution in [2.24, 2.45) is 5.10 Å². The fourth-order valence-electron chi connectivity index (χ4n) is 2.71. The summed E-state index contributed by atoms with van der Waals surface area (Å²) in [5.74, 6) is 0.481. The number of amides is 1. The van der Waals surface area contributed by atoms with Crippen molar-refractivity contribution in [2.75, 3.05) is 19.0 Å². The normalized spacial score (nSPS) is 10.8. The minimum atomic E-state index is -0.299. The van der Waals surface area contributed by atoms with E-state index in [1.807, 2.05) is 24.3 Å². The van der Waals surface area contributed by atoms with E-state index in [1.54, 1.807) is 30.3 Å². The lowest BCUT2D eigenvalue weighted by Crippen LogP contribution is -2.25. The molecular weight excluding hydrogens is 553 g/mol. The Morgan fingerprint density at radius 2 is 1.82 bits per heavy atom. The van der Waals surface area contributed by atoms with Crippen LogP contribution in [0.2, 0.25) is 15.1 Å². The van der Waals surface area contributed by atoms with Gasteiger partial charge in [-0.2, -0.15) is 5.10 Å². The fourth-order valence-corrected chi connectivity index (χ4v) is 3.71. The summed E-state index contributed by atoms with van der Waals surface area (Å²) in [5.41, 5.74) is 4.66. The first-order chi connectivity index (χ1) is 15.9. The maximum Gasteiger partial charge on any atom is 0.259 e. The summed E-state index contributed by atoms with van der Waals surface area (Å²) in [6.45, 7) is 0.254. The predicted octanol–water partition coefficient (Wildman–Crippen LogP) is 6.56. The zero-order valence-corrected chi connectivity index (χ0v) is 21.2. The average Bonchev–Trinajstić information content (AvgIpc) is 2.78. The molecular formula is C23H19BrCl3N3O3. The highest BCUT2D eigenvalue weighted by Crippen LogP contribution is 2.37. The van der Waals surface area contributed by atoms with Crippen molar-refractivity contribution in [1.82, 2.24) is 5.43 Å². The van der Waals surface area contributed by atoms with E-state index >= 15 is 0 Å². The molecule has 1 amide bonds. The molecule has 0 aromatic heterocycles. The minimum absolute atomic E-state index is 0.0725. The molecule has 6 nitrogen and oxygen atoms in total. The van der Waals surface area contributed by atoms with Crippen molar-refractivity contribution in [3.05, 3.63) is 85.3 Å². The van der Waals surface area contributed by atoms with Gasteiger partial charge in [0.05, 0.1) is 24.9 Å². The standard InChI is InChI=1S/C23H19BrCl3N3O3/c1-32-21-9-14(11-29-30-22(31)12-28-18-6-3-16(24)4-7-18)8-20(27)23(21)33-13-15-2-5-17(25)10-19(15)26/h2-11,28H,12-13H2,1H3,(H,30,31)/b29-11-. The topological polar surface area (TPSA) is 72.0 Å². The Bertz CT molecular complexity index is 1160. The molecule has 10 heteroatoms. The lowest BCUT2D eigenvalue weighted by atomic mass is 10.2. The molecule has 0 aliphatic heterocycles. The van der Waals surface area contributed by atoms with Gasteiger partial charge < -0.3 is 14.8 Å². The van der Waals surface area contributed by atoms with Gasteiger partial charge >= 0.3 is 0 Å². The van der Waals surface area contributed by atoms with Crippen LogP contribution in [-0.4, -0.2) is 25.8 Å². The summed E-state index contributed by atoms with van der Waals surface area (Å²) in [7, 11) is 1.50. The van der Waals surface area contributed by atoms with Crippen LogP contribution in [0.5, 0.6) is 11.5 Å². The van der Waals surface area contributed by atoms with Crippen molar-refractivity contribution in [3.63, 3.8) is 0 Å². The number of hydrogen-bond acceptors (Lipinski definition) is 5. The summed E-state index contributed by atoms with van der Waals surface area (Å²) in [6, 6.07) is 16.0. The van der Waals surface area contributed by atoms with Crippen LogP contribution in [0.3, 0.4) is 0 Å². The van der Waals surface area contributed by atoms with Gasteiger partial charge in [0.1, 0.15) is 6.61 Å². The number of nitrogens with zero attached hydrogens (tertiary/aromatic N) is 1. The van der Waals surface area contributed by atoms with Gasteiger partial charge in [-0.1, -0.05) is 56.8 Å². The molecule has 0 heterocycles. The van der Waals surface area contributed by atoms with E-state index in [-0.39, 0.29) is 19.1 Å². The van der Waals surface area contributed by atoms with Crippen LogP contribution in [0, 0.1) is 0 Å². The van der Waals surface area contributed by atoms with Crippen LogP contribution >= 0.6 is 50.7 Å². The Hall–Kier alpha value is -2.45. The summed E-state index contributed by atoms with van der Waals surface area (Å²) >= 11 is 21.9. The van der Waals surface area contributed by atoms with E-state index in [2.05, 4.69) is 31.8 Å². The van der Waals surface area contributed by atoms with Crippen molar-refractivity contribution in [2.45, 2.75) is 6.61 Å². The largest absolute Gasteiger partial charge is 0.493 e. The molecule has 0 atom stereocenters. The number of nitrogens with one attached hydrogen (secondary N) is 2. The van der Waals surface area contributed by atoms with E-state index in [9.17, 15) is 4.79 Å². The molecule has 3 rings (SSSR count). The first-order valence-electron chi connectivity index (χ1n) is 9.61. The van der Waals surface area contributed by atoms with Crippen molar-refractivity contribution < 1.29 is 14.3 Å². The quantitative estimate of drug-likeness (QED) is 0.225. The molecule has 2 N–H and O–H groups in total. The van der Waals surface area contributed by atoms with E-state index in [1.165, 1.54) is 13.3 Å². The molecule has 0 spiro atoms. The van der Waals surface area contributed by atoms with E-state index in [0.29, 0.717) is 32.1 Å². The van der Waals surface area contributed by atoms with E-state index in [4.69, 9.17) is 44.3 Å². The van der Waals surface area contributed by atoms with Gasteiger partial charge in [-0.05, 0) is 54.1 Å². The molecule has 3 aromatic carbocycles. The van der Waals surface area contributed by atoms with Crippen LogP contribution in [0.1, 0.15) is 11.1 Å². The number of rotatable bonds is 9. The smallest absolute Gasteiger partial charge is 0.259 e. The molecule has 0 unspecified atom stereocenters. The highest BCUT2D eigenvalue weighted by Gasteiger charge is 2.13. The molecule has 3 aromatic rings. The van der Waals surface area contributed by atoms with Crippen molar-refractivity contribution in [3.8, 4) is 11.5 Å². The van der Waals surface area contributed by atoms with E-state index < -0.39 is 0 Å². The monoisotopic (exact) mass is 569 g/mol. The molecule has 0 radical (unpaired) electrons. The third-order valence-corrected chi connectivity index (χ3v) is 5.74. The van der Waals surface area contributed by atoms with Gasteiger partial charge in [0.25, 0.3) is 5.91 Å². The minimum Gasteiger partial charge on any atom is -0.493 e. The summed E-state index contributed by atoms with van der Waals surface area (Å²) in [5, 5.41) is 8.34. The number of anilines is 1. The Morgan fingerprint density at radius 3 is 2.52 bits per heavy atom. The van der Waals surface area contributed by atoms with Crippen molar-refractivity contribution in [1.29, 1.82) is 0 Å². The summed E-state index contributed by atoms with van der Waals surface area (Å²) < 4.78 is 12.2. The van der Waals surface area contributed by atoms with Crippen molar-refractivity contribution >= 4 is 68.5 Å². The Balaban J connectivity index is 1.59. The molecule has 0 fully saturated rings. The Morgan fingerprint density at radius 1 is 1.06 bits per heavy atom. The number of carbonyl (C=O) groups excluding carboxylic acids is 1. The average molecular weight is 572 g/mol. The molecule has 0 aliphatic rings. The lowest BCUT2D eigenvalue weighted by molar-refractivity contribution is -0.119. The third kappa shape index (κ3) is 7.54. The second-order valence-electron chi connectivity index (χ2n) is 6.71. The fraction of sp³-hybridized carbons (Fsp3) is 0.130. The van der Waals surface area contributed by atoms with Crippen LogP contribution in [0.15, 0.2) is 64.2 Å². The van der Waals surface area contributed by atoms with E-state index in [0.717, 1.165) is 15.7 Å². The maximum absolute atomic E-state index is 12.0. The molecule has 0 bridgehead atoms. The molecule has 0 aliphatic carbocycles. The van der Waals surface area contributed by atoms with Gasteiger partial charge in [-0.25, -0.2) is 5.43 Å². The van der Waals surface area contributed by atoms with Gasteiger partial charge in [-0.3, -0.25) is 4.79 Å². The zero-order valence-electron chi connectivity index (χ0n) is 17.4. The van der Waals surface area contributed by atoms with Gasteiger partial charge in [0.2, 0.25) is 0 Å². The van der Waals surface area contributed by atoms with Crippen LogP contribution in [-0.2, 0) is 11.4 Å². The zero-order chi connectivity index (χ0) is 23.8. The number of hydrogen-bond donors (Lipinski definition) is 2. The highest BCUT2D eigenvalue weighted by molar-refractivity contribution is 9.10. The van der Waals surface area contributed by atoms with Gasteiger partial charge in [0.15, 0.2) is 11.5 Å². The Kier molecular flexibility index (Phi) is 9.26. The number of carbonyl (C=O) groups is 1. The summed E-state index contributed by atoms with van der Waals surface area (Å²) in [4.78, 5) is 12.0. The van der Waals surface area contributed by atoms with Gasteiger partial charge in [0, 0.05) is 25.8 Å². The number of halogens is 4. The second-order valence-corrected chi connectivity index (χ2v) is 8.88. The van der Waals surface area contributed by atoms with Crippen LogP contribution < -0.4 is 20.2 Å². The molecule has 172 valence electrons. The number of methoxy groups -OCH3 is 1. The lowest BCUT2D eigenvalue weighted by Gasteiger charge is -2.14. The van der Waals surface area contributed by atoms with Crippen LogP contribution in [0.25, 0.3) is 0 Å². The Labute approximate surface area is 215 Å². The molecule has 0 saturated carbocycles. The van der Waals surface area contributed by atoms with Gasteiger partial charge in [-0.15, -0.1) is 0 Å².